The molecule has 0 saturated carbocycles. The van der Waals surface area contributed by atoms with Gasteiger partial charge < -0.3 is 14.2 Å². The maximum absolute atomic E-state index is 13.9. The Kier molecular flexibility index (Phi) is 8.88. The molecule has 4 aromatic rings. The van der Waals surface area contributed by atoms with E-state index in [9.17, 15) is 19.7 Å². The van der Waals surface area contributed by atoms with Crippen molar-refractivity contribution in [2.75, 3.05) is 13.7 Å². The van der Waals surface area contributed by atoms with Gasteiger partial charge in [-0.3, -0.25) is 19.5 Å². The van der Waals surface area contributed by atoms with Crippen LogP contribution in [0, 0.1) is 10.1 Å². The van der Waals surface area contributed by atoms with Gasteiger partial charge in [0.05, 0.1) is 45.0 Å². The third kappa shape index (κ3) is 6.15. The number of hydrogen-bond acceptors (Lipinski definition) is 9. The van der Waals surface area contributed by atoms with Crippen LogP contribution in [0.1, 0.15) is 36.6 Å². The number of methoxy groups -OCH3 is 1. The second kappa shape index (κ2) is 12.8. The summed E-state index contributed by atoms with van der Waals surface area (Å²) in [5.74, 6) is 0.379. The summed E-state index contributed by atoms with van der Waals surface area (Å²) in [6.07, 6.45) is 1.75. The van der Waals surface area contributed by atoms with Crippen LogP contribution in [0.3, 0.4) is 0 Å². The van der Waals surface area contributed by atoms with E-state index in [1.54, 1.807) is 31.2 Å². The van der Waals surface area contributed by atoms with Crippen LogP contribution in [0.5, 0.6) is 11.5 Å². The molecular weight excluding hydrogens is 638 g/mol. The highest BCUT2D eigenvalue weighted by Crippen LogP contribution is 2.38. The Morgan fingerprint density at radius 1 is 1.14 bits per heavy atom. The molecule has 10 nitrogen and oxygen atoms in total. The Morgan fingerprint density at radius 2 is 1.86 bits per heavy atom. The van der Waals surface area contributed by atoms with Gasteiger partial charge in [0.25, 0.3) is 11.2 Å². The molecule has 2 heterocycles. The molecule has 0 fully saturated rings. The van der Waals surface area contributed by atoms with E-state index in [0.29, 0.717) is 48.7 Å². The number of nitro benzene ring substituents is 1. The van der Waals surface area contributed by atoms with Crippen molar-refractivity contribution in [3.8, 4) is 11.5 Å². The topological polar surface area (TPSA) is 122 Å². The fourth-order valence-corrected chi connectivity index (χ4v) is 6.36. The molecule has 12 heteroatoms. The van der Waals surface area contributed by atoms with Crippen LogP contribution in [0.4, 0.5) is 5.69 Å². The van der Waals surface area contributed by atoms with Gasteiger partial charge in [-0.25, -0.2) is 9.79 Å². The third-order valence-electron chi connectivity index (χ3n) is 6.70. The van der Waals surface area contributed by atoms with E-state index in [1.807, 2.05) is 43.3 Å². The van der Waals surface area contributed by atoms with Gasteiger partial charge in [-0.1, -0.05) is 41.7 Å². The predicted molar refractivity (Wildman–Crippen MR) is 165 cm³/mol. The number of carbonyl (C=O) groups excluding carboxylic acids is 1. The van der Waals surface area contributed by atoms with E-state index in [0.717, 1.165) is 11.1 Å². The van der Waals surface area contributed by atoms with Gasteiger partial charge in [0.1, 0.15) is 6.61 Å². The summed E-state index contributed by atoms with van der Waals surface area (Å²) in [5.41, 5.74) is 2.71. The molecule has 1 atom stereocenters. The van der Waals surface area contributed by atoms with Crippen LogP contribution in [0.15, 0.2) is 92.3 Å². The minimum absolute atomic E-state index is 0.00124. The quantitative estimate of drug-likeness (QED) is 0.139. The summed E-state index contributed by atoms with van der Waals surface area (Å²) in [4.78, 5) is 42.2. The lowest BCUT2D eigenvalue weighted by atomic mass is 9.96. The standard InChI is InChI=1S/C31H26BrN3O7S/c1-4-41-24-15-20(14-23(32)28(24)42-17-19-10-12-22(13-11-19)35(38)39)16-25-29(36)34-27(21-8-6-5-7-9-21)26(30(37)40-3)18(2)33-31(34)43-25/h5-16,27H,4,17H2,1-3H3. The van der Waals surface area contributed by atoms with Crippen LogP contribution < -0.4 is 24.4 Å². The first-order chi connectivity index (χ1) is 20.7. The van der Waals surface area contributed by atoms with Crippen molar-refractivity contribution >= 4 is 45.0 Å². The smallest absolute Gasteiger partial charge is 0.338 e. The second-order valence-corrected chi connectivity index (χ2v) is 11.3. The molecule has 1 unspecified atom stereocenters. The first kappa shape index (κ1) is 29.9. The first-order valence-corrected chi connectivity index (χ1v) is 14.8. The normalized spacial score (nSPS) is 14.6. The van der Waals surface area contributed by atoms with Crippen molar-refractivity contribution in [3.05, 3.63) is 129 Å². The molecule has 220 valence electrons. The molecule has 0 radical (unpaired) electrons. The Hall–Kier alpha value is -4.55. The van der Waals surface area contributed by atoms with Crippen LogP contribution in [-0.2, 0) is 16.1 Å². The van der Waals surface area contributed by atoms with Gasteiger partial charge in [0.2, 0.25) is 0 Å². The molecule has 0 bridgehead atoms. The number of hydrogen-bond donors (Lipinski definition) is 0. The zero-order valence-corrected chi connectivity index (χ0v) is 25.8. The van der Waals surface area contributed by atoms with E-state index < -0.39 is 16.9 Å². The summed E-state index contributed by atoms with van der Waals surface area (Å²) in [6.45, 7) is 4.12. The Bertz CT molecular complexity index is 1920. The molecular formula is C31H26BrN3O7S. The number of carbonyl (C=O) groups is 1. The Balaban J connectivity index is 1.54. The van der Waals surface area contributed by atoms with Gasteiger partial charge in [-0.05, 0) is 76.8 Å². The van der Waals surface area contributed by atoms with Crippen molar-refractivity contribution in [2.45, 2.75) is 26.5 Å². The summed E-state index contributed by atoms with van der Waals surface area (Å²) in [5, 5.41) is 10.9. The number of benzene rings is 3. The average Bonchev–Trinajstić information content (AvgIpc) is 3.30. The zero-order chi connectivity index (χ0) is 30.7. The fourth-order valence-electron chi connectivity index (χ4n) is 4.74. The van der Waals surface area contributed by atoms with Crippen LogP contribution in [0.25, 0.3) is 6.08 Å². The number of ether oxygens (including phenoxy) is 3. The Labute approximate surface area is 258 Å². The van der Waals surface area contributed by atoms with Crippen LogP contribution in [0.2, 0.25) is 0 Å². The lowest BCUT2D eigenvalue weighted by molar-refractivity contribution is -0.384. The lowest BCUT2D eigenvalue weighted by Crippen LogP contribution is -2.39. The highest BCUT2D eigenvalue weighted by Gasteiger charge is 2.33. The maximum Gasteiger partial charge on any atom is 0.338 e. The number of nitro groups is 1. The average molecular weight is 665 g/mol. The van der Waals surface area contributed by atoms with Gasteiger partial charge in [0, 0.05) is 12.1 Å². The number of thiazole rings is 1. The molecule has 0 aliphatic carbocycles. The minimum Gasteiger partial charge on any atom is -0.490 e. The molecule has 1 aromatic heterocycles. The highest BCUT2D eigenvalue weighted by atomic mass is 79.9. The van der Waals surface area contributed by atoms with Gasteiger partial charge in [0.15, 0.2) is 16.3 Å². The monoisotopic (exact) mass is 663 g/mol. The van der Waals surface area contributed by atoms with Crippen molar-refractivity contribution in [2.24, 2.45) is 4.99 Å². The van der Waals surface area contributed by atoms with Gasteiger partial charge >= 0.3 is 5.97 Å². The van der Waals surface area contributed by atoms with Crippen molar-refractivity contribution in [1.29, 1.82) is 0 Å². The molecule has 1 aliphatic heterocycles. The molecule has 0 N–H and O–H groups in total. The number of fused-ring (bicyclic) bond motifs is 1. The largest absolute Gasteiger partial charge is 0.490 e. The van der Waals surface area contributed by atoms with Crippen molar-refractivity contribution in [1.82, 2.24) is 4.57 Å². The van der Waals surface area contributed by atoms with E-state index in [-0.39, 0.29) is 17.9 Å². The zero-order valence-electron chi connectivity index (χ0n) is 23.4. The third-order valence-corrected chi connectivity index (χ3v) is 8.27. The van der Waals surface area contributed by atoms with Crippen LogP contribution >= 0.6 is 27.3 Å². The van der Waals surface area contributed by atoms with Crippen molar-refractivity contribution < 1.29 is 23.9 Å². The number of allylic oxidation sites excluding steroid dienone is 1. The minimum atomic E-state index is -0.687. The number of aromatic nitrogens is 1. The van der Waals surface area contributed by atoms with Crippen LogP contribution in [-0.4, -0.2) is 29.2 Å². The SMILES string of the molecule is CCOc1cc(C=c2sc3n(c2=O)C(c2ccccc2)C(C(=O)OC)=C(C)N=3)cc(Br)c1OCc1ccc([N+](=O)[O-])cc1. The number of halogens is 1. The number of nitrogens with zero attached hydrogens (tertiary/aromatic N) is 3. The number of rotatable bonds is 9. The van der Waals surface area contributed by atoms with E-state index in [1.165, 1.54) is 35.1 Å². The van der Waals surface area contributed by atoms with Gasteiger partial charge in [-0.2, -0.15) is 0 Å². The maximum atomic E-state index is 13.9. The number of non-ortho nitro benzene ring substituents is 1. The molecule has 1 aliphatic rings. The lowest BCUT2D eigenvalue weighted by Gasteiger charge is -2.24. The van der Waals surface area contributed by atoms with Gasteiger partial charge in [-0.15, -0.1) is 0 Å². The predicted octanol–water partition coefficient (Wildman–Crippen LogP) is 5.06. The summed E-state index contributed by atoms with van der Waals surface area (Å²) in [6, 6.07) is 18.3. The second-order valence-electron chi connectivity index (χ2n) is 9.46. The Morgan fingerprint density at radius 3 is 2.51 bits per heavy atom. The molecule has 0 amide bonds. The summed E-state index contributed by atoms with van der Waals surface area (Å²) in [7, 11) is 1.31. The molecule has 0 spiro atoms. The molecule has 0 saturated heterocycles. The highest BCUT2D eigenvalue weighted by molar-refractivity contribution is 9.10. The summed E-state index contributed by atoms with van der Waals surface area (Å²) >= 11 is 4.80. The fraction of sp³-hybridized carbons (Fsp3) is 0.194. The molecule has 3 aromatic carbocycles. The first-order valence-electron chi connectivity index (χ1n) is 13.2. The van der Waals surface area contributed by atoms with E-state index >= 15 is 0 Å². The van der Waals surface area contributed by atoms with E-state index in [4.69, 9.17) is 14.2 Å². The molecule has 43 heavy (non-hydrogen) atoms. The summed E-state index contributed by atoms with van der Waals surface area (Å²) < 4.78 is 19.5. The van der Waals surface area contributed by atoms with E-state index in [2.05, 4.69) is 20.9 Å². The molecule has 5 rings (SSSR count). The van der Waals surface area contributed by atoms with Crippen molar-refractivity contribution in [3.63, 3.8) is 0 Å². The number of esters is 1.